The van der Waals surface area contributed by atoms with Gasteiger partial charge in [0, 0.05) is 5.69 Å². The monoisotopic (exact) mass is 319 g/mol. The van der Waals surface area contributed by atoms with E-state index < -0.39 is 12.0 Å². The number of amides is 2. The summed E-state index contributed by atoms with van der Waals surface area (Å²) >= 11 is 2.64. The van der Waals surface area contributed by atoms with Crippen LogP contribution in [-0.4, -0.2) is 22.1 Å². The lowest BCUT2D eigenvalue weighted by Gasteiger charge is -2.07. The second-order valence-corrected chi connectivity index (χ2v) is 5.89. The zero-order chi connectivity index (χ0) is 14.8. The molecule has 0 saturated heterocycles. The summed E-state index contributed by atoms with van der Waals surface area (Å²) in [5.74, 6) is -1.07. The third-order valence-corrected chi connectivity index (χ3v) is 4.33. The fourth-order valence-corrected chi connectivity index (χ4v) is 3.26. The number of nitrogens with one attached hydrogen (secondary N) is 2. The Morgan fingerprint density at radius 1 is 1.14 bits per heavy atom. The lowest BCUT2D eigenvalue weighted by molar-refractivity contribution is 0.0698. The van der Waals surface area contributed by atoms with E-state index in [0.29, 0.717) is 10.7 Å². The first-order valence-corrected chi connectivity index (χ1v) is 7.61. The predicted molar refractivity (Wildman–Crippen MR) is 83.5 cm³/mol. The third-order valence-electron chi connectivity index (χ3n) is 2.71. The molecule has 0 radical (unpaired) electrons. The van der Waals surface area contributed by atoms with Crippen molar-refractivity contribution in [2.75, 3.05) is 10.6 Å². The van der Waals surface area contributed by atoms with Crippen molar-refractivity contribution in [1.82, 2.24) is 4.98 Å². The Balaban J connectivity index is 1.73. The van der Waals surface area contributed by atoms with Gasteiger partial charge in [0.15, 0.2) is 0 Å². The Bertz CT molecular complexity index is 825. The first-order chi connectivity index (χ1) is 10.1. The summed E-state index contributed by atoms with van der Waals surface area (Å²) in [6.45, 7) is 0. The lowest BCUT2D eigenvalue weighted by atomic mass is 10.3. The summed E-state index contributed by atoms with van der Waals surface area (Å²) in [5.41, 5.74) is 3.31. The Morgan fingerprint density at radius 2 is 2.00 bits per heavy atom. The number of rotatable bonds is 3. The standard InChI is InChI=1S/C13H9N3O3S2/c17-12(18)8-3-4-20-11(8)16-13(19)15-7-1-2-9-10(5-7)21-6-14-9/h1-6H,(H,17,18)(H2,15,16,19). The molecule has 0 aliphatic heterocycles. The molecule has 0 fully saturated rings. The van der Waals surface area contributed by atoms with Gasteiger partial charge in [-0.1, -0.05) is 0 Å². The topological polar surface area (TPSA) is 91.3 Å². The van der Waals surface area contributed by atoms with Crippen LogP contribution in [0.4, 0.5) is 15.5 Å². The van der Waals surface area contributed by atoms with E-state index in [1.807, 2.05) is 12.1 Å². The Hall–Kier alpha value is -2.45. The van der Waals surface area contributed by atoms with E-state index in [-0.39, 0.29) is 5.56 Å². The van der Waals surface area contributed by atoms with Crippen LogP contribution in [0.25, 0.3) is 10.2 Å². The predicted octanol–water partition coefficient (Wildman–Crippen LogP) is 3.70. The highest BCUT2D eigenvalue weighted by molar-refractivity contribution is 7.16. The van der Waals surface area contributed by atoms with Gasteiger partial charge in [0.25, 0.3) is 0 Å². The Morgan fingerprint density at radius 3 is 2.81 bits per heavy atom. The van der Waals surface area contributed by atoms with E-state index >= 15 is 0 Å². The van der Waals surface area contributed by atoms with Gasteiger partial charge in [-0.2, -0.15) is 0 Å². The summed E-state index contributed by atoms with van der Waals surface area (Å²) in [7, 11) is 0. The number of thiazole rings is 1. The van der Waals surface area contributed by atoms with Gasteiger partial charge in [-0.3, -0.25) is 5.32 Å². The van der Waals surface area contributed by atoms with Crippen molar-refractivity contribution in [3.05, 3.63) is 40.7 Å². The minimum absolute atomic E-state index is 0.0769. The maximum absolute atomic E-state index is 11.9. The average Bonchev–Trinajstić information content (AvgIpc) is 3.06. The summed E-state index contributed by atoms with van der Waals surface area (Å²) in [6, 6.07) is 6.35. The van der Waals surface area contributed by atoms with Crippen LogP contribution >= 0.6 is 22.7 Å². The number of thiophene rings is 1. The van der Waals surface area contributed by atoms with Gasteiger partial charge in [0.1, 0.15) is 5.00 Å². The van der Waals surface area contributed by atoms with Crippen LogP contribution in [0.3, 0.4) is 0 Å². The molecule has 106 valence electrons. The number of carboxylic acid groups (broad SMARTS) is 1. The number of aromatic nitrogens is 1. The van der Waals surface area contributed by atoms with Gasteiger partial charge < -0.3 is 10.4 Å². The van der Waals surface area contributed by atoms with Gasteiger partial charge >= 0.3 is 12.0 Å². The van der Waals surface area contributed by atoms with Crippen LogP contribution in [-0.2, 0) is 0 Å². The number of carbonyl (C=O) groups is 2. The van der Waals surface area contributed by atoms with Gasteiger partial charge in [0.2, 0.25) is 0 Å². The van der Waals surface area contributed by atoms with Crippen LogP contribution < -0.4 is 10.6 Å². The zero-order valence-electron chi connectivity index (χ0n) is 10.5. The molecule has 1 aromatic carbocycles. The van der Waals surface area contributed by atoms with E-state index in [2.05, 4.69) is 15.6 Å². The molecule has 3 aromatic rings. The van der Waals surface area contributed by atoms with Crippen molar-refractivity contribution in [1.29, 1.82) is 0 Å². The molecule has 0 aliphatic rings. The summed E-state index contributed by atoms with van der Waals surface area (Å²) in [6.07, 6.45) is 0. The SMILES string of the molecule is O=C(Nc1ccc2ncsc2c1)Nc1sccc1C(=O)O. The number of carbonyl (C=O) groups excluding carboxylic acids is 1. The molecule has 3 rings (SSSR count). The number of carboxylic acids is 1. The molecule has 0 aliphatic carbocycles. The zero-order valence-corrected chi connectivity index (χ0v) is 12.1. The van der Waals surface area contributed by atoms with E-state index in [1.54, 1.807) is 17.0 Å². The maximum Gasteiger partial charge on any atom is 0.338 e. The van der Waals surface area contributed by atoms with E-state index in [0.717, 1.165) is 21.6 Å². The molecule has 0 bridgehead atoms. The number of urea groups is 1. The van der Waals surface area contributed by atoms with E-state index in [1.165, 1.54) is 17.4 Å². The van der Waals surface area contributed by atoms with Crippen molar-refractivity contribution in [2.45, 2.75) is 0 Å². The third kappa shape index (κ3) is 2.86. The van der Waals surface area contributed by atoms with Crippen LogP contribution in [0.1, 0.15) is 10.4 Å². The van der Waals surface area contributed by atoms with Crippen molar-refractivity contribution in [3.63, 3.8) is 0 Å². The van der Waals surface area contributed by atoms with Crippen LogP contribution in [0.5, 0.6) is 0 Å². The molecular formula is C13H9N3O3S2. The molecule has 2 amide bonds. The van der Waals surface area contributed by atoms with Gasteiger partial charge in [-0.05, 0) is 29.6 Å². The molecule has 0 unspecified atom stereocenters. The highest BCUT2D eigenvalue weighted by atomic mass is 32.1. The highest BCUT2D eigenvalue weighted by Gasteiger charge is 2.14. The Kier molecular flexibility index (Phi) is 3.55. The molecule has 21 heavy (non-hydrogen) atoms. The molecular weight excluding hydrogens is 310 g/mol. The smallest absolute Gasteiger partial charge is 0.338 e. The molecule has 0 spiro atoms. The number of anilines is 2. The Labute approximate surface area is 127 Å². The highest BCUT2D eigenvalue weighted by Crippen LogP contribution is 2.24. The van der Waals surface area contributed by atoms with Crippen LogP contribution in [0.15, 0.2) is 35.2 Å². The first kappa shape index (κ1) is 13.5. The number of benzene rings is 1. The van der Waals surface area contributed by atoms with Crippen LogP contribution in [0.2, 0.25) is 0 Å². The van der Waals surface area contributed by atoms with Crippen molar-refractivity contribution in [2.24, 2.45) is 0 Å². The van der Waals surface area contributed by atoms with Crippen molar-refractivity contribution < 1.29 is 14.7 Å². The molecule has 6 nitrogen and oxygen atoms in total. The second-order valence-electron chi connectivity index (χ2n) is 4.08. The van der Waals surface area contributed by atoms with Gasteiger partial charge in [-0.25, -0.2) is 14.6 Å². The summed E-state index contributed by atoms with van der Waals surface area (Å²) in [4.78, 5) is 27.0. The van der Waals surface area contributed by atoms with Crippen molar-refractivity contribution in [3.8, 4) is 0 Å². The van der Waals surface area contributed by atoms with E-state index in [4.69, 9.17) is 5.11 Å². The van der Waals surface area contributed by atoms with E-state index in [9.17, 15) is 9.59 Å². The maximum atomic E-state index is 11.9. The molecule has 2 heterocycles. The fourth-order valence-electron chi connectivity index (χ4n) is 1.77. The summed E-state index contributed by atoms with van der Waals surface area (Å²) in [5, 5.41) is 16.1. The molecule has 8 heteroatoms. The normalized spacial score (nSPS) is 10.5. The van der Waals surface area contributed by atoms with Gasteiger partial charge in [0.05, 0.1) is 21.3 Å². The molecule has 0 saturated carbocycles. The number of hydrogen-bond acceptors (Lipinski definition) is 5. The second kappa shape index (κ2) is 5.51. The molecule has 0 atom stereocenters. The van der Waals surface area contributed by atoms with Crippen LogP contribution in [0, 0.1) is 0 Å². The quantitative estimate of drug-likeness (QED) is 0.686. The molecule has 2 aromatic heterocycles. The number of hydrogen-bond donors (Lipinski definition) is 3. The minimum Gasteiger partial charge on any atom is -0.478 e. The average molecular weight is 319 g/mol. The van der Waals surface area contributed by atoms with Crippen molar-refractivity contribution >= 4 is 55.6 Å². The summed E-state index contributed by atoms with van der Waals surface area (Å²) < 4.78 is 0.968. The van der Waals surface area contributed by atoms with Gasteiger partial charge in [-0.15, -0.1) is 22.7 Å². The lowest BCUT2D eigenvalue weighted by Crippen LogP contribution is -2.19. The number of nitrogens with zero attached hydrogens (tertiary/aromatic N) is 1. The fraction of sp³-hybridized carbons (Fsp3) is 0. The number of fused-ring (bicyclic) bond motifs is 1. The minimum atomic E-state index is -1.07. The largest absolute Gasteiger partial charge is 0.478 e. The first-order valence-electron chi connectivity index (χ1n) is 5.85. The molecule has 3 N–H and O–H groups in total. The number of aromatic carboxylic acids is 1.